The molecule has 3 aromatic rings. The summed E-state index contributed by atoms with van der Waals surface area (Å²) in [5, 5.41) is 5.82. The number of hydrogen-bond donors (Lipinski definition) is 2. The number of benzene rings is 2. The van der Waals surface area contributed by atoms with Gasteiger partial charge in [-0.25, -0.2) is 4.98 Å². The summed E-state index contributed by atoms with van der Waals surface area (Å²) in [6.45, 7) is 1.08. The Morgan fingerprint density at radius 2 is 1.71 bits per heavy atom. The molecule has 2 aromatic carbocycles. The van der Waals surface area contributed by atoms with Crippen molar-refractivity contribution in [2.24, 2.45) is 0 Å². The highest BCUT2D eigenvalue weighted by molar-refractivity contribution is 9.10. The normalized spacial score (nSPS) is 12.1. The molecule has 0 bridgehead atoms. The minimum absolute atomic E-state index is 0.110. The summed E-state index contributed by atoms with van der Waals surface area (Å²) in [4.78, 5) is 10.5. The van der Waals surface area contributed by atoms with Crippen LogP contribution in [0, 0.1) is 0 Å². The number of anilines is 3. The van der Waals surface area contributed by atoms with Crippen molar-refractivity contribution in [3.63, 3.8) is 0 Å². The van der Waals surface area contributed by atoms with E-state index in [1.165, 1.54) is 30.3 Å². The molecule has 6 nitrogen and oxygen atoms in total. The van der Waals surface area contributed by atoms with E-state index in [0.717, 1.165) is 18.2 Å². The monoisotopic (exact) mass is 563 g/mol. The molecule has 0 aliphatic heterocycles. The maximum absolute atomic E-state index is 13.3. The van der Waals surface area contributed by atoms with Crippen molar-refractivity contribution in [1.82, 2.24) is 14.9 Å². The second-order valence-corrected chi connectivity index (χ2v) is 8.44. The van der Waals surface area contributed by atoms with Gasteiger partial charge in [0.05, 0.1) is 11.3 Å². The van der Waals surface area contributed by atoms with Crippen LogP contribution in [-0.2, 0) is 6.18 Å². The number of alkyl halides is 6. The predicted octanol–water partition coefficient (Wildman–Crippen LogP) is 6.54. The van der Waals surface area contributed by atoms with E-state index in [9.17, 15) is 26.3 Å². The molecular formula is C22H20BrF6N5O. The van der Waals surface area contributed by atoms with Crippen molar-refractivity contribution < 1.29 is 31.1 Å². The zero-order valence-electron chi connectivity index (χ0n) is 18.4. The van der Waals surface area contributed by atoms with Crippen LogP contribution in [0.2, 0.25) is 0 Å². The Hall–Kier alpha value is -3.06. The van der Waals surface area contributed by atoms with Gasteiger partial charge in [-0.3, -0.25) is 0 Å². The number of likely N-dealkylation sites (N-methyl/N-ethyl adjacent to an activating group) is 1. The van der Waals surface area contributed by atoms with E-state index in [1.807, 2.05) is 19.0 Å². The topological polar surface area (TPSA) is 62.3 Å². The quantitative estimate of drug-likeness (QED) is 0.303. The van der Waals surface area contributed by atoms with Crippen LogP contribution >= 0.6 is 15.9 Å². The highest BCUT2D eigenvalue weighted by Crippen LogP contribution is 2.37. The standard InChI is InChI=1S/C22H20BrF6N5O/c1-34(2)9-8-30-20-32-18(13-4-3-5-15(10-13)35-22(27,28)29)12-19(33-20)31-14-6-7-17(23)16(11-14)21(24,25)26/h3-7,10-12H,8-9H2,1-2H3,(H2,30,31,32,33). The van der Waals surface area contributed by atoms with Gasteiger partial charge in [-0.05, 0) is 44.4 Å². The molecule has 0 atom stereocenters. The average Bonchev–Trinajstić information content (AvgIpc) is 2.73. The summed E-state index contributed by atoms with van der Waals surface area (Å²) in [7, 11) is 3.73. The molecule has 0 fully saturated rings. The van der Waals surface area contributed by atoms with Crippen LogP contribution in [0.1, 0.15) is 5.56 Å². The zero-order valence-corrected chi connectivity index (χ0v) is 20.0. The summed E-state index contributed by atoms with van der Waals surface area (Å²) in [5.74, 6) is -0.157. The maximum atomic E-state index is 13.3. The maximum Gasteiger partial charge on any atom is 0.573 e. The molecule has 0 unspecified atom stereocenters. The SMILES string of the molecule is CN(C)CCNc1nc(Nc2ccc(Br)c(C(F)(F)F)c2)cc(-c2cccc(OC(F)(F)F)c2)n1. The van der Waals surface area contributed by atoms with E-state index in [4.69, 9.17) is 0 Å². The second-order valence-electron chi connectivity index (χ2n) is 7.59. The van der Waals surface area contributed by atoms with Gasteiger partial charge in [0.1, 0.15) is 11.6 Å². The molecule has 0 saturated heterocycles. The molecule has 188 valence electrons. The van der Waals surface area contributed by atoms with Gasteiger partial charge in [-0.15, -0.1) is 13.2 Å². The first kappa shape index (κ1) is 26.5. The highest BCUT2D eigenvalue weighted by Gasteiger charge is 2.33. The molecule has 0 aliphatic rings. The van der Waals surface area contributed by atoms with Crippen LogP contribution in [0.3, 0.4) is 0 Å². The molecule has 3 rings (SSSR count). The van der Waals surface area contributed by atoms with E-state index in [-0.39, 0.29) is 27.6 Å². The van der Waals surface area contributed by atoms with Crippen molar-refractivity contribution in [3.05, 3.63) is 58.6 Å². The fourth-order valence-electron chi connectivity index (χ4n) is 2.95. The molecule has 0 spiro atoms. The predicted molar refractivity (Wildman–Crippen MR) is 124 cm³/mol. The molecule has 0 amide bonds. The van der Waals surface area contributed by atoms with Crippen LogP contribution in [0.15, 0.2) is 53.0 Å². The summed E-state index contributed by atoms with van der Waals surface area (Å²) in [5.41, 5.74) is -0.244. The van der Waals surface area contributed by atoms with Gasteiger partial charge in [0.2, 0.25) is 5.95 Å². The first-order chi connectivity index (χ1) is 16.3. The third kappa shape index (κ3) is 7.99. The van der Waals surface area contributed by atoms with Gasteiger partial charge >= 0.3 is 12.5 Å². The minimum atomic E-state index is -4.87. The number of nitrogens with zero attached hydrogens (tertiary/aromatic N) is 3. The molecule has 35 heavy (non-hydrogen) atoms. The van der Waals surface area contributed by atoms with Crippen LogP contribution < -0.4 is 15.4 Å². The van der Waals surface area contributed by atoms with E-state index in [0.29, 0.717) is 18.7 Å². The van der Waals surface area contributed by atoms with Crippen LogP contribution in [0.4, 0.5) is 43.8 Å². The third-order valence-electron chi connectivity index (χ3n) is 4.48. The van der Waals surface area contributed by atoms with Crippen LogP contribution in [-0.4, -0.2) is 48.4 Å². The molecule has 0 radical (unpaired) electrons. The van der Waals surface area contributed by atoms with E-state index >= 15 is 0 Å². The lowest BCUT2D eigenvalue weighted by Crippen LogP contribution is -2.21. The van der Waals surface area contributed by atoms with Gasteiger partial charge in [-0.2, -0.15) is 18.2 Å². The number of ether oxygens (including phenoxy) is 1. The van der Waals surface area contributed by atoms with Crippen molar-refractivity contribution in [2.45, 2.75) is 12.5 Å². The largest absolute Gasteiger partial charge is 0.573 e. The van der Waals surface area contributed by atoms with Crippen LogP contribution in [0.5, 0.6) is 5.75 Å². The molecule has 0 saturated carbocycles. The number of aromatic nitrogens is 2. The molecular weight excluding hydrogens is 544 g/mol. The second kappa shape index (κ2) is 10.7. The first-order valence-electron chi connectivity index (χ1n) is 10.1. The molecule has 0 aliphatic carbocycles. The number of rotatable bonds is 8. The summed E-state index contributed by atoms with van der Waals surface area (Å²) < 4.78 is 81.6. The Bertz CT molecular complexity index is 1170. The Morgan fingerprint density at radius 1 is 0.971 bits per heavy atom. The third-order valence-corrected chi connectivity index (χ3v) is 5.17. The van der Waals surface area contributed by atoms with Gasteiger partial charge in [-0.1, -0.05) is 28.1 Å². The molecule has 2 N–H and O–H groups in total. The number of hydrogen-bond acceptors (Lipinski definition) is 6. The fraction of sp³-hybridized carbons (Fsp3) is 0.273. The van der Waals surface area contributed by atoms with Gasteiger partial charge in [0.15, 0.2) is 0 Å². The molecule has 1 heterocycles. The Morgan fingerprint density at radius 3 is 2.37 bits per heavy atom. The van der Waals surface area contributed by atoms with Crippen LogP contribution in [0.25, 0.3) is 11.3 Å². The summed E-state index contributed by atoms with van der Waals surface area (Å²) >= 11 is 2.89. The van der Waals surface area contributed by atoms with Gasteiger partial charge in [0.25, 0.3) is 0 Å². The van der Waals surface area contributed by atoms with E-state index < -0.39 is 23.9 Å². The highest BCUT2D eigenvalue weighted by atomic mass is 79.9. The van der Waals surface area contributed by atoms with Gasteiger partial charge < -0.3 is 20.3 Å². The lowest BCUT2D eigenvalue weighted by Gasteiger charge is -2.15. The first-order valence-corrected chi connectivity index (χ1v) is 10.9. The lowest BCUT2D eigenvalue weighted by molar-refractivity contribution is -0.274. The Kier molecular flexibility index (Phi) is 8.11. The van der Waals surface area contributed by atoms with Crippen molar-refractivity contribution in [1.29, 1.82) is 0 Å². The fourth-order valence-corrected chi connectivity index (χ4v) is 3.42. The summed E-state index contributed by atoms with van der Waals surface area (Å²) in [6.07, 6.45) is -9.45. The minimum Gasteiger partial charge on any atom is -0.406 e. The smallest absolute Gasteiger partial charge is 0.406 e. The van der Waals surface area contributed by atoms with E-state index in [2.05, 4.69) is 41.3 Å². The number of halogens is 7. The Balaban J connectivity index is 1.98. The van der Waals surface area contributed by atoms with Gasteiger partial charge in [0, 0.05) is 34.9 Å². The Labute approximate surface area is 205 Å². The van der Waals surface area contributed by atoms with E-state index in [1.54, 1.807) is 0 Å². The van der Waals surface area contributed by atoms with Crippen molar-refractivity contribution in [2.75, 3.05) is 37.8 Å². The number of nitrogens with one attached hydrogen (secondary N) is 2. The zero-order chi connectivity index (χ0) is 25.8. The average molecular weight is 564 g/mol. The molecule has 13 heteroatoms. The lowest BCUT2D eigenvalue weighted by atomic mass is 10.1. The van der Waals surface area contributed by atoms with Crippen molar-refractivity contribution in [3.8, 4) is 17.0 Å². The molecule has 1 aromatic heterocycles. The van der Waals surface area contributed by atoms with Crippen molar-refractivity contribution >= 4 is 33.4 Å². The summed E-state index contributed by atoms with van der Waals surface area (Å²) in [6, 6.07) is 10.2.